The van der Waals surface area contributed by atoms with Crippen molar-refractivity contribution in [1.82, 2.24) is 0 Å². The zero-order chi connectivity index (χ0) is 53.1. The van der Waals surface area contributed by atoms with Gasteiger partial charge in [0.25, 0.3) is 0 Å². The molecule has 0 aliphatic carbocycles. The number of nitrogens with zero attached hydrogens (tertiary/aromatic N) is 8. The number of rotatable bonds is 51. The van der Waals surface area contributed by atoms with Gasteiger partial charge in [0.05, 0.1) is 65.4 Å². The number of hydroxylamine groups is 24. The molecule has 0 aromatic carbocycles. The molecule has 4 unspecified atom stereocenters. The van der Waals surface area contributed by atoms with Crippen LogP contribution in [-0.4, -0.2) is 194 Å². The maximum Gasteiger partial charge on any atom is 0.129 e. The summed E-state index contributed by atoms with van der Waals surface area (Å²) in [7, 11) is 0. The largest absolute Gasteiger partial charge is 0.633 e. The summed E-state index contributed by atoms with van der Waals surface area (Å²) >= 11 is 0. The van der Waals surface area contributed by atoms with E-state index in [1.54, 1.807) is 0 Å². The molecule has 422 valence electrons. The summed E-state index contributed by atoms with van der Waals surface area (Å²) in [5.74, 6) is 0. The Hall–Kier alpha value is -0.640. The van der Waals surface area contributed by atoms with E-state index in [0.717, 1.165) is 116 Å². The Morgan fingerprint density at radius 2 is 0.214 bits per heavy atom. The lowest BCUT2D eigenvalue weighted by molar-refractivity contribution is -0.993. The number of unbranched alkanes of at least 4 members (excludes halogenated alkanes) is 10. The van der Waals surface area contributed by atoms with Crippen LogP contribution in [0.25, 0.3) is 0 Å². The van der Waals surface area contributed by atoms with Crippen molar-refractivity contribution in [2.24, 2.45) is 0 Å². The highest BCUT2D eigenvalue weighted by molar-refractivity contribution is 4.60. The molecule has 0 fully saturated rings. The minimum Gasteiger partial charge on any atom is -0.633 e. The highest BCUT2D eigenvalue weighted by Gasteiger charge is 2.34. The van der Waals surface area contributed by atoms with Crippen LogP contribution in [0.15, 0.2) is 0 Å². The second-order valence-corrected chi connectivity index (χ2v) is 22.4. The van der Waals surface area contributed by atoms with E-state index in [1.165, 1.54) is 0 Å². The molecule has 0 aromatic heterocycles. The van der Waals surface area contributed by atoms with Gasteiger partial charge in [0.15, 0.2) is 0 Å². The lowest BCUT2D eigenvalue weighted by Gasteiger charge is -2.54. The van der Waals surface area contributed by atoms with Gasteiger partial charge in [0.1, 0.15) is 91.6 Å². The highest BCUT2D eigenvalue weighted by atomic mass is 16.6. The molecular weight excluding hydrogens is 889 g/mol. The molecule has 0 aliphatic heterocycles. The Morgan fingerprint density at radius 3 is 0.300 bits per heavy atom. The van der Waals surface area contributed by atoms with Gasteiger partial charge in [-0.1, -0.05) is 133 Å². The second kappa shape index (κ2) is 37.2. The van der Waals surface area contributed by atoms with E-state index in [0.29, 0.717) is 65.2 Å². The van der Waals surface area contributed by atoms with E-state index in [1.807, 2.05) is 13.8 Å². The Balaban J connectivity index is 7.34. The third kappa shape index (κ3) is 30.7. The van der Waals surface area contributed by atoms with Crippen molar-refractivity contribution < 1.29 is 37.2 Å². The van der Waals surface area contributed by atoms with Gasteiger partial charge in [-0.3, -0.25) is 0 Å². The fraction of sp³-hybridized carbons (Fsp3) is 1.00. The SMILES string of the molecule is CCCC[N+]([O-])(CCCC)CC[N+]([O-])(CCCC)CC[N+]([O-])(CC[N+]([O-])(CCCC)CCCC)CC[N+]([O-])(CC[N+]([O-])(CCCC)CCCC)CC[N+]([O-])(CCCC)CC[N+]([O-])(CCCC)CCCC. The Kier molecular flexibility index (Phi) is 36.8. The van der Waals surface area contributed by atoms with Crippen LogP contribution < -0.4 is 0 Å². The summed E-state index contributed by atoms with van der Waals surface area (Å²) in [6.07, 6.45) is 16.0. The van der Waals surface area contributed by atoms with Gasteiger partial charge in [-0.2, -0.15) is 0 Å². The van der Waals surface area contributed by atoms with Crippen LogP contribution in [0, 0.1) is 41.7 Å². The predicted molar refractivity (Wildman–Crippen MR) is 295 cm³/mol. The van der Waals surface area contributed by atoms with Gasteiger partial charge in [0, 0.05) is 0 Å². The summed E-state index contributed by atoms with van der Waals surface area (Å²) in [5, 5.41) is 118. The summed E-state index contributed by atoms with van der Waals surface area (Å²) in [6.45, 7) is 24.7. The molecule has 0 rings (SSSR count). The van der Waals surface area contributed by atoms with Crippen molar-refractivity contribution in [2.45, 2.75) is 198 Å². The van der Waals surface area contributed by atoms with E-state index in [2.05, 4.69) is 55.4 Å². The predicted octanol–water partition coefficient (Wildman–Crippen LogP) is 11.5. The third-order valence-corrected chi connectivity index (χ3v) is 15.6. The molecule has 0 spiro atoms. The molecule has 0 saturated carbocycles. The molecule has 0 saturated heterocycles. The minimum absolute atomic E-state index is 0.0237. The summed E-state index contributed by atoms with van der Waals surface area (Å²) in [4.78, 5) is 0. The van der Waals surface area contributed by atoms with Crippen LogP contribution in [0.5, 0.6) is 0 Å². The molecule has 0 heterocycles. The molecule has 0 bridgehead atoms. The van der Waals surface area contributed by atoms with Crippen LogP contribution in [0.2, 0.25) is 0 Å². The maximum atomic E-state index is 15.6. The lowest BCUT2D eigenvalue weighted by Crippen LogP contribution is -2.63. The summed E-state index contributed by atoms with van der Waals surface area (Å²) < 4.78 is -4.90. The Morgan fingerprint density at radius 1 is 0.143 bits per heavy atom. The van der Waals surface area contributed by atoms with Gasteiger partial charge in [-0.05, 0) is 64.2 Å². The van der Waals surface area contributed by atoms with Crippen molar-refractivity contribution in [3.05, 3.63) is 41.7 Å². The molecule has 0 aromatic rings. The number of hydrogen-bond acceptors (Lipinski definition) is 8. The monoisotopic (exact) mass is 1010 g/mol. The lowest BCUT2D eigenvalue weighted by atomic mass is 10.2. The zero-order valence-corrected chi connectivity index (χ0v) is 48.0. The normalized spacial score (nSPS) is 16.5. The van der Waals surface area contributed by atoms with Crippen molar-refractivity contribution in [2.75, 3.05) is 157 Å². The van der Waals surface area contributed by atoms with Gasteiger partial charge in [-0.25, -0.2) is 0 Å². The molecule has 0 radical (unpaired) electrons. The fourth-order valence-corrected chi connectivity index (χ4v) is 9.70. The number of hydrogen-bond donors (Lipinski definition) is 0. The molecule has 70 heavy (non-hydrogen) atoms. The van der Waals surface area contributed by atoms with Crippen LogP contribution >= 0.6 is 0 Å². The first-order chi connectivity index (χ1) is 33.1. The maximum absolute atomic E-state index is 15.6. The average Bonchev–Trinajstić information content (AvgIpc) is 3.36. The summed E-state index contributed by atoms with van der Waals surface area (Å²) in [5.41, 5.74) is 0. The molecule has 16 nitrogen and oxygen atoms in total. The first-order valence-electron chi connectivity index (χ1n) is 29.6. The smallest absolute Gasteiger partial charge is 0.129 e. The third-order valence-electron chi connectivity index (χ3n) is 15.6. The quantitative estimate of drug-likeness (QED) is 0.0426. The Bertz CT molecular complexity index is 1140. The van der Waals surface area contributed by atoms with Crippen molar-refractivity contribution in [3.8, 4) is 0 Å². The highest BCUT2D eigenvalue weighted by Crippen LogP contribution is 2.23. The summed E-state index contributed by atoms with van der Waals surface area (Å²) in [6, 6.07) is 0. The first kappa shape index (κ1) is 69.4. The van der Waals surface area contributed by atoms with Gasteiger partial charge in [-0.15, -0.1) is 0 Å². The van der Waals surface area contributed by atoms with E-state index in [-0.39, 0.29) is 105 Å². The topological polar surface area (TPSA) is 184 Å². The van der Waals surface area contributed by atoms with E-state index < -0.39 is 37.2 Å². The first-order valence-corrected chi connectivity index (χ1v) is 29.6. The van der Waals surface area contributed by atoms with E-state index >= 15 is 10.4 Å². The van der Waals surface area contributed by atoms with E-state index in [9.17, 15) is 31.2 Å². The van der Waals surface area contributed by atoms with Crippen LogP contribution in [0.1, 0.15) is 198 Å². The van der Waals surface area contributed by atoms with Crippen molar-refractivity contribution in [3.63, 3.8) is 0 Å². The van der Waals surface area contributed by atoms with Gasteiger partial charge in [0.2, 0.25) is 0 Å². The molecule has 0 N–H and O–H groups in total. The minimum atomic E-state index is -0.887. The van der Waals surface area contributed by atoms with Crippen molar-refractivity contribution in [1.29, 1.82) is 0 Å². The molecule has 0 amide bonds. The Labute approximate surface area is 432 Å². The zero-order valence-electron chi connectivity index (χ0n) is 48.0. The average molecular weight is 1010 g/mol. The second-order valence-electron chi connectivity index (χ2n) is 22.4. The molecule has 0 aliphatic rings. The van der Waals surface area contributed by atoms with Crippen LogP contribution in [0.3, 0.4) is 0 Å². The van der Waals surface area contributed by atoms with Crippen molar-refractivity contribution >= 4 is 0 Å². The standard InChI is InChI=1S/C54H118N8O8/c1-11-21-31-55(63,32-22-12-2)41-45-59(67,39-29-19-9)47-51-61(69,49-43-57(65,35-25-15-5)36-26-16-6)53-54-62(70,50-44-58(66,37-27-17-7)38-28-18-8)52-48-60(68,40-30-20-10)46-42-56(64,33-23-13-3)34-24-14-4/h11-54H2,1-10H3. The van der Waals surface area contributed by atoms with Crippen LogP contribution in [0.4, 0.5) is 0 Å². The van der Waals surface area contributed by atoms with Gasteiger partial charge < -0.3 is 78.8 Å². The molecule has 16 heteroatoms. The van der Waals surface area contributed by atoms with Gasteiger partial charge >= 0.3 is 0 Å². The van der Waals surface area contributed by atoms with E-state index in [4.69, 9.17) is 0 Å². The number of quaternary nitrogens is 8. The van der Waals surface area contributed by atoms with Crippen LogP contribution in [-0.2, 0) is 0 Å². The molecule has 4 atom stereocenters. The fourth-order valence-electron chi connectivity index (χ4n) is 9.70. The molecular formula is C54H118N8O8.